The zero-order valence-corrected chi connectivity index (χ0v) is 13.1. The Morgan fingerprint density at radius 1 is 1.25 bits per heavy atom. The third kappa shape index (κ3) is 3.06. The van der Waals surface area contributed by atoms with Gasteiger partial charge in [0.15, 0.2) is 11.5 Å². The highest BCUT2D eigenvalue weighted by molar-refractivity contribution is 9.10. The van der Waals surface area contributed by atoms with Crippen molar-refractivity contribution in [3.05, 3.63) is 22.2 Å². The fraction of sp³-hybridized carbons (Fsp3) is 0.500. The Bertz CT molecular complexity index is 510. The monoisotopic (exact) mass is 340 g/mol. The first-order valence-corrected chi connectivity index (χ1v) is 7.13. The van der Waals surface area contributed by atoms with Crippen molar-refractivity contribution < 1.29 is 14.2 Å². The average molecular weight is 341 g/mol. The van der Waals surface area contributed by atoms with Gasteiger partial charge in [0, 0.05) is 23.1 Å². The van der Waals surface area contributed by atoms with Gasteiger partial charge in [-0.25, -0.2) is 0 Å². The summed E-state index contributed by atoms with van der Waals surface area (Å²) in [5, 5.41) is 9.52. The minimum absolute atomic E-state index is 0.326. The number of benzene rings is 1. The topological polar surface area (TPSA) is 54.7 Å². The van der Waals surface area contributed by atoms with E-state index in [1.165, 1.54) is 0 Å². The number of nitrogens with zero attached hydrogens (tertiary/aromatic N) is 2. The summed E-state index contributed by atoms with van der Waals surface area (Å²) in [5.41, 5.74) is 0.882. The minimum atomic E-state index is -0.326. The summed E-state index contributed by atoms with van der Waals surface area (Å²) >= 11 is 3.51. The highest BCUT2D eigenvalue weighted by Gasteiger charge is 2.25. The van der Waals surface area contributed by atoms with Crippen LogP contribution in [0.15, 0.2) is 16.6 Å². The summed E-state index contributed by atoms with van der Waals surface area (Å²) in [6, 6.07) is 5.72. The summed E-state index contributed by atoms with van der Waals surface area (Å²) in [6.07, 6.45) is 0. The molecule has 1 aliphatic heterocycles. The molecule has 0 aliphatic carbocycles. The van der Waals surface area contributed by atoms with Crippen LogP contribution >= 0.6 is 15.9 Å². The molecule has 1 heterocycles. The van der Waals surface area contributed by atoms with E-state index in [2.05, 4.69) is 26.9 Å². The first-order valence-electron chi connectivity index (χ1n) is 6.34. The van der Waals surface area contributed by atoms with Crippen molar-refractivity contribution in [2.45, 2.75) is 6.04 Å². The van der Waals surface area contributed by atoms with Crippen molar-refractivity contribution in [3.8, 4) is 17.6 Å². The van der Waals surface area contributed by atoms with Gasteiger partial charge >= 0.3 is 0 Å². The largest absolute Gasteiger partial charge is 0.493 e. The number of methoxy groups -OCH3 is 2. The van der Waals surface area contributed by atoms with Gasteiger partial charge in [0.2, 0.25) is 0 Å². The predicted molar refractivity (Wildman–Crippen MR) is 78.0 cm³/mol. The molecule has 1 aromatic carbocycles. The standard InChI is InChI=1S/C14H17BrN2O3/c1-18-13-7-10(11(15)8-14(13)19-2)12(9-16)17-3-5-20-6-4-17/h7-8,12H,3-6H2,1-2H3. The number of morpholine rings is 1. The number of rotatable bonds is 4. The first kappa shape index (κ1) is 15.1. The molecule has 0 radical (unpaired) electrons. The van der Waals surface area contributed by atoms with Crippen molar-refractivity contribution in [3.63, 3.8) is 0 Å². The Balaban J connectivity index is 2.36. The van der Waals surface area contributed by atoms with Gasteiger partial charge in [0.05, 0.1) is 33.5 Å². The molecule has 6 heteroatoms. The second-order valence-electron chi connectivity index (χ2n) is 4.41. The molecule has 1 saturated heterocycles. The van der Waals surface area contributed by atoms with E-state index in [1.54, 1.807) is 14.2 Å². The highest BCUT2D eigenvalue weighted by Crippen LogP contribution is 2.37. The lowest BCUT2D eigenvalue weighted by Crippen LogP contribution is -2.38. The molecular weight excluding hydrogens is 324 g/mol. The Morgan fingerprint density at radius 2 is 1.85 bits per heavy atom. The van der Waals surface area contributed by atoms with E-state index in [9.17, 15) is 5.26 Å². The fourth-order valence-electron chi connectivity index (χ4n) is 2.26. The molecule has 5 nitrogen and oxygen atoms in total. The molecule has 1 fully saturated rings. The van der Waals surface area contributed by atoms with Crippen LogP contribution in [0, 0.1) is 11.3 Å². The van der Waals surface area contributed by atoms with Crippen LogP contribution in [0.2, 0.25) is 0 Å². The fourth-order valence-corrected chi connectivity index (χ4v) is 2.80. The maximum Gasteiger partial charge on any atom is 0.161 e. The number of nitriles is 1. The van der Waals surface area contributed by atoms with Gasteiger partial charge < -0.3 is 14.2 Å². The van der Waals surface area contributed by atoms with Crippen LogP contribution in [-0.4, -0.2) is 45.4 Å². The molecule has 0 saturated carbocycles. The number of hydrogen-bond acceptors (Lipinski definition) is 5. The highest BCUT2D eigenvalue weighted by atomic mass is 79.9. The molecule has 0 amide bonds. The molecule has 1 atom stereocenters. The van der Waals surface area contributed by atoms with E-state index in [0.717, 1.165) is 23.1 Å². The zero-order chi connectivity index (χ0) is 14.5. The minimum Gasteiger partial charge on any atom is -0.493 e. The molecule has 108 valence electrons. The number of halogens is 1. The first-order chi connectivity index (χ1) is 9.71. The van der Waals surface area contributed by atoms with Crippen molar-refractivity contribution >= 4 is 15.9 Å². The van der Waals surface area contributed by atoms with E-state index >= 15 is 0 Å². The summed E-state index contributed by atoms with van der Waals surface area (Å²) in [5.74, 6) is 1.26. The summed E-state index contributed by atoms with van der Waals surface area (Å²) in [7, 11) is 3.18. The molecule has 0 aromatic heterocycles. The maximum atomic E-state index is 9.52. The second-order valence-corrected chi connectivity index (χ2v) is 5.26. The van der Waals surface area contributed by atoms with Gasteiger partial charge in [0.25, 0.3) is 0 Å². The molecule has 0 spiro atoms. The normalized spacial score (nSPS) is 17.3. The van der Waals surface area contributed by atoms with Crippen LogP contribution in [0.5, 0.6) is 11.5 Å². The van der Waals surface area contributed by atoms with Crippen molar-refractivity contribution in [2.75, 3.05) is 40.5 Å². The second kappa shape index (κ2) is 6.93. The van der Waals surface area contributed by atoms with Gasteiger partial charge in [-0.2, -0.15) is 5.26 Å². The van der Waals surface area contributed by atoms with E-state index in [0.29, 0.717) is 24.7 Å². The molecule has 1 aromatic rings. The van der Waals surface area contributed by atoms with Gasteiger partial charge in [-0.3, -0.25) is 4.90 Å². The molecule has 20 heavy (non-hydrogen) atoms. The van der Waals surface area contributed by atoms with Crippen LogP contribution in [0.4, 0.5) is 0 Å². The van der Waals surface area contributed by atoms with Gasteiger partial charge in [-0.15, -0.1) is 0 Å². The van der Waals surface area contributed by atoms with Gasteiger partial charge in [-0.1, -0.05) is 15.9 Å². The summed E-state index contributed by atoms with van der Waals surface area (Å²) in [6.45, 7) is 2.81. The Labute approximate surface area is 127 Å². The lowest BCUT2D eigenvalue weighted by molar-refractivity contribution is 0.0265. The molecule has 2 rings (SSSR count). The lowest BCUT2D eigenvalue weighted by atomic mass is 10.1. The maximum absolute atomic E-state index is 9.52. The molecule has 1 unspecified atom stereocenters. The van der Waals surface area contributed by atoms with E-state index in [1.807, 2.05) is 12.1 Å². The number of hydrogen-bond donors (Lipinski definition) is 0. The Morgan fingerprint density at radius 3 is 2.40 bits per heavy atom. The third-order valence-electron chi connectivity index (χ3n) is 3.33. The molecule has 0 N–H and O–H groups in total. The van der Waals surface area contributed by atoms with Crippen LogP contribution in [0.25, 0.3) is 0 Å². The Hall–Kier alpha value is -1.29. The van der Waals surface area contributed by atoms with Crippen molar-refractivity contribution in [1.29, 1.82) is 5.26 Å². The smallest absolute Gasteiger partial charge is 0.161 e. The van der Waals surface area contributed by atoms with Crippen LogP contribution in [0.3, 0.4) is 0 Å². The molecule has 0 bridgehead atoms. The summed E-state index contributed by atoms with van der Waals surface area (Å²) in [4.78, 5) is 2.11. The summed E-state index contributed by atoms with van der Waals surface area (Å²) < 4.78 is 16.8. The van der Waals surface area contributed by atoms with Gasteiger partial charge in [0.1, 0.15) is 6.04 Å². The van der Waals surface area contributed by atoms with E-state index in [4.69, 9.17) is 14.2 Å². The average Bonchev–Trinajstić information content (AvgIpc) is 2.50. The van der Waals surface area contributed by atoms with Gasteiger partial charge in [-0.05, 0) is 12.1 Å². The SMILES string of the molecule is COc1cc(Br)c(C(C#N)N2CCOCC2)cc1OC. The third-order valence-corrected chi connectivity index (χ3v) is 4.02. The van der Waals surface area contributed by atoms with Crippen LogP contribution < -0.4 is 9.47 Å². The Kier molecular flexibility index (Phi) is 5.24. The molecular formula is C14H17BrN2O3. The molecule has 1 aliphatic rings. The van der Waals surface area contributed by atoms with Crippen LogP contribution in [0.1, 0.15) is 11.6 Å². The van der Waals surface area contributed by atoms with E-state index in [-0.39, 0.29) is 6.04 Å². The van der Waals surface area contributed by atoms with Crippen LogP contribution in [-0.2, 0) is 4.74 Å². The lowest BCUT2D eigenvalue weighted by Gasteiger charge is -2.31. The zero-order valence-electron chi connectivity index (χ0n) is 11.6. The van der Waals surface area contributed by atoms with Crippen molar-refractivity contribution in [2.24, 2.45) is 0 Å². The predicted octanol–water partition coefficient (Wildman–Crippen LogP) is 2.36. The number of ether oxygens (including phenoxy) is 3. The van der Waals surface area contributed by atoms with Crippen molar-refractivity contribution in [1.82, 2.24) is 4.90 Å². The van der Waals surface area contributed by atoms with E-state index < -0.39 is 0 Å². The quantitative estimate of drug-likeness (QED) is 0.842.